The van der Waals surface area contributed by atoms with Gasteiger partial charge in [0.15, 0.2) is 5.82 Å². The van der Waals surface area contributed by atoms with Gasteiger partial charge in [0.2, 0.25) is 5.89 Å². The lowest BCUT2D eigenvalue weighted by atomic mass is 9.77. The fourth-order valence-electron chi connectivity index (χ4n) is 3.16. The third kappa shape index (κ3) is 2.50. The molecule has 3 aromatic heterocycles. The maximum absolute atomic E-state index is 12.2. The minimum absolute atomic E-state index is 0. The maximum Gasteiger partial charge on any atom is 0.332 e. The van der Waals surface area contributed by atoms with Crippen molar-refractivity contribution in [3.8, 4) is 0 Å². The van der Waals surface area contributed by atoms with Gasteiger partial charge < -0.3 is 14.8 Å². The molecule has 4 rings (SSSR count). The summed E-state index contributed by atoms with van der Waals surface area (Å²) in [4.78, 5) is 28.7. The van der Waals surface area contributed by atoms with Gasteiger partial charge in [0.05, 0.1) is 10.9 Å². The zero-order chi connectivity index (χ0) is 17.1. The second-order valence-corrected chi connectivity index (χ2v) is 6.41. The molecule has 0 saturated heterocycles. The summed E-state index contributed by atoms with van der Waals surface area (Å²) in [6.07, 6.45) is 4.50. The molecule has 9 nitrogen and oxygen atoms in total. The van der Waals surface area contributed by atoms with E-state index in [1.165, 1.54) is 11.6 Å². The zero-order valence-electron chi connectivity index (χ0n) is 13.9. The van der Waals surface area contributed by atoms with E-state index in [1.807, 2.05) is 0 Å². The molecule has 0 bridgehead atoms. The molecule has 3 aromatic rings. The maximum atomic E-state index is 12.2. The summed E-state index contributed by atoms with van der Waals surface area (Å²) in [5, 5.41) is 4.45. The van der Waals surface area contributed by atoms with Crippen LogP contribution in [0.4, 0.5) is 0 Å². The summed E-state index contributed by atoms with van der Waals surface area (Å²) in [5.74, 6) is 0.914. The molecule has 10 heteroatoms. The van der Waals surface area contributed by atoms with Crippen molar-refractivity contribution in [2.75, 3.05) is 0 Å². The SMILES string of the molecule is Cl.Cn1c(=O)c2ccn(Cc3nc(C4(N)CCC4)no3)c2n(C)c1=O. The molecule has 0 aliphatic heterocycles. The molecule has 0 spiro atoms. The van der Waals surface area contributed by atoms with Crippen LogP contribution in [0.1, 0.15) is 31.0 Å². The molecule has 25 heavy (non-hydrogen) atoms. The largest absolute Gasteiger partial charge is 0.337 e. The molecule has 0 radical (unpaired) electrons. The van der Waals surface area contributed by atoms with Crippen molar-refractivity contribution in [1.82, 2.24) is 23.8 Å². The molecule has 1 aliphatic rings. The Kier molecular flexibility index (Phi) is 4.08. The minimum atomic E-state index is -0.483. The Morgan fingerprint density at radius 2 is 2.00 bits per heavy atom. The van der Waals surface area contributed by atoms with E-state index in [1.54, 1.807) is 23.9 Å². The number of aryl methyl sites for hydroxylation is 1. The molecular weight excluding hydrogens is 348 g/mol. The van der Waals surface area contributed by atoms with E-state index in [-0.39, 0.29) is 30.2 Å². The van der Waals surface area contributed by atoms with Gasteiger partial charge in [-0.3, -0.25) is 13.9 Å². The van der Waals surface area contributed by atoms with Crippen LogP contribution in [0.25, 0.3) is 11.0 Å². The van der Waals surface area contributed by atoms with Crippen LogP contribution in [0.15, 0.2) is 26.4 Å². The van der Waals surface area contributed by atoms with Crippen LogP contribution < -0.4 is 17.0 Å². The number of fused-ring (bicyclic) bond motifs is 1. The Labute approximate surface area is 148 Å². The predicted octanol–water partition coefficient (Wildman–Crippen LogP) is 0.230. The average Bonchev–Trinajstić information content (AvgIpc) is 3.16. The van der Waals surface area contributed by atoms with E-state index in [2.05, 4.69) is 10.1 Å². The first-order valence-corrected chi connectivity index (χ1v) is 7.77. The molecule has 2 N–H and O–H groups in total. The number of rotatable bonds is 3. The normalized spacial score (nSPS) is 15.8. The summed E-state index contributed by atoms with van der Waals surface area (Å²) in [7, 11) is 3.09. The Hall–Kier alpha value is -2.39. The highest BCUT2D eigenvalue weighted by molar-refractivity contribution is 5.85. The van der Waals surface area contributed by atoms with E-state index < -0.39 is 5.54 Å². The van der Waals surface area contributed by atoms with Gasteiger partial charge in [-0.05, 0) is 25.3 Å². The average molecular weight is 367 g/mol. The molecule has 0 unspecified atom stereocenters. The van der Waals surface area contributed by atoms with E-state index in [9.17, 15) is 9.59 Å². The first-order valence-electron chi connectivity index (χ1n) is 7.77. The Morgan fingerprint density at radius 3 is 2.64 bits per heavy atom. The van der Waals surface area contributed by atoms with Crippen LogP contribution >= 0.6 is 12.4 Å². The number of nitrogens with two attached hydrogens (primary N) is 1. The van der Waals surface area contributed by atoms with Crippen molar-refractivity contribution in [2.24, 2.45) is 19.8 Å². The van der Waals surface area contributed by atoms with Crippen molar-refractivity contribution in [3.63, 3.8) is 0 Å². The van der Waals surface area contributed by atoms with Gasteiger partial charge in [0.25, 0.3) is 5.56 Å². The second-order valence-electron chi connectivity index (χ2n) is 6.41. The number of aromatic nitrogens is 5. The highest BCUT2D eigenvalue weighted by Crippen LogP contribution is 2.36. The number of nitrogens with zero attached hydrogens (tertiary/aromatic N) is 5. The first kappa shape index (κ1) is 17.4. The molecule has 0 atom stereocenters. The molecule has 3 heterocycles. The van der Waals surface area contributed by atoms with Gasteiger partial charge in [-0.15, -0.1) is 12.4 Å². The fourth-order valence-corrected chi connectivity index (χ4v) is 3.16. The van der Waals surface area contributed by atoms with Gasteiger partial charge >= 0.3 is 5.69 Å². The lowest BCUT2D eigenvalue weighted by molar-refractivity contribution is 0.229. The summed E-state index contributed by atoms with van der Waals surface area (Å²) in [6, 6.07) is 1.69. The molecule has 0 amide bonds. The topological polar surface area (TPSA) is 114 Å². The molecule has 134 valence electrons. The van der Waals surface area contributed by atoms with Gasteiger partial charge in [-0.2, -0.15) is 4.98 Å². The lowest BCUT2D eigenvalue weighted by Crippen LogP contribution is -2.44. The highest BCUT2D eigenvalue weighted by atomic mass is 35.5. The van der Waals surface area contributed by atoms with Gasteiger partial charge in [0.1, 0.15) is 12.2 Å². The summed E-state index contributed by atoms with van der Waals surface area (Å²) in [6.45, 7) is 0.271. The van der Waals surface area contributed by atoms with Crippen LogP contribution in [0, 0.1) is 0 Å². The lowest BCUT2D eigenvalue weighted by Gasteiger charge is -2.34. The van der Waals surface area contributed by atoms with Crippen LogP contribution in [0.3, 0.4) is 0 Å². The molecule has 1 saturated carbocycles. The second kappa shape index (κ2) is 5.85. The minimum Gasteiger partial charge on any atom is -0.337 e. The van der Waals surface area contributed by atoms with E-state index >= 15 is 0 Å². The van der Waals surface area contributed by atoms with Crippen LogP contribution in [-0.4, -0.2) is 23.8 Å². The fraction of sp³-hybridized carbons (Fsp3) is 0.467. The van der Waals surface area contributed by atoms with E-state index in [4.69, 9.17) is 10.3 Å². The van der Waals surface area contributed by atoms with Gasteiger partial charge in [-0.1, -0.05) is 5.16 Å². The molecule has 0 aromatic carbocycles. The van der Waals surface area contributed by atoms with Crippen LogP contribution in [0.5, 0.6) is 0 Å². The van der Waals surface area contributed by atoms with Crippen molar-refractivity contribution in [1.29, 1.82) is 0 Å². The van der Waals surface area contributed by atoms with Crippen molar-refractivity contribution >= 4 is 23.4 Å². The predicted molar refractivity (Wildman–Crippen MR) is 92.8 cm³/mol. The quantitative estimate of drug-likeness (QED) is 0.709. The first-order chi connectivity index (χ1) is 11.4. The van der Waals surface area contributed by atoms with Gasteiger partial charge in [-0.25, -0.2) is 4.79 Å². The van der Waals surface area contributed by atoms with Crippen molar-refractivity contribution in [2.45, 2.75) is 31.3 Å². The van der Waals surface area contributed by atoms with E-state index in [0.717, 1.165) is 23.8 Å². The van der Waals surface area contributed by atoms with Crippen LogP contribution in [-0.2, 0) is 26.2 Å². The number of hydrogen-bond acceptors (Lipinski definition) is 6. The third-order valence-electron chi connectivity index (χ3n) is 4.83. The zero-order valence-corrected chi connectivity index (χ0v) is 14.7. The Balaban J connectivity index is 0.00000182. The van der Waals surface area contributed by atoms with E-state index in [0.29, 0.717) is 22.7 Å². The Bertz CT molecular complexity index is 1060. The molecule has 1 aliphatic carbocycles. The third-order valence-corrected chi connectivity index (χ3v) is 4.83. The standard InChI is InChI=1S/C15H18N6O3.ClH/c1-19-11-9(12(22)20(2)14(19)23)4-7-21(11)8-10-17-13(18-24-10)15(16)5-3-6-15;/h4,7H,3,5-6,8,16H2,1-2H3;1H. The Morgan fingerprint density at radius 1 is 1.28 bits per heavy atom. The number of halogens is 1. The monoisotopic (exact) mass is 366 g/mol. The summed E-state index contributed by atoms with van der Waals surface area (Å²) >= 11 is 0. The van der Waals surface area contributed by atoms with Gasteiger partial charge in [0, 0.05) is 20.3 Å². The molecular formula is C15H19ClN6O3. The molecule has 1 fully saturated rings. The highest BCUT2D eigenvalue weighted by Gasteiger charge is 2.39. The van der Waals surface area contributed by atoms with Crippen molar-refractivity contribution in [3.05, 3.63) is 44.8 Å². The smallest absolute Gasteiger partial charge is 0.332 e. The summed E-state index contributed by atoms with van der Waals surface area (Å²) < 4.78 is 9.57. The summed E-state index contributed by atoms with van der Waals surface area (Å²) in [5.41, 5.74) is 5.53. The number of hydrogen-bond donors (Lipinski definition) is 1. The van der Waals surface area contributed by atoms with Crippen molar-refractivity contribution < 1.29 is 4.52 Å². The van der Waals surface area contributed by atoms with Crippen LogP contribution in [0.2, 0.25) is 0 Å².